The average Bonchev–Trinajstić information content (AvgIpc) is 3.24. The van der Waals surface area contributed by atoms with Crippen LogP contribution in [-0.2, 0) is 14.2 Å². The van der Waals surface area contributed by atoms with Crippen LogP contribution in [0, 0.1) is 0 Å². The first-order valence-corrected chi connectivity index (χ1v) is 26.3. The van der Waals surface area contributed by atoms with Gasteiger partial charge in [0.1, 0.15) is 12.7 Å². The van der Waals surface area contributed by atoms with Crippen LogP contribution in [0.3, 0.4) is 0 Å². The molecule has 0 rings (SSSR count). The second-order valence-electron chi connectivity index (χ2n) is 17.7. The maximum absolute atomic E-state index is 12.7. The van der Waals surface area contributed by atoms with E-state index in [0.29, 0.717) is 45.5 Å². The van der Waals surface area contributed by atoms with Gasteiger partial charge in [-0.05, 0) is 38.5 Å². The SMILES string of the molecule is CCCCCCCCCCCCCCNC(=O)OCCCCC(COC(=O)NCCCCCCCCCCCCCC)OC(=O)NCCCCCCCCCCCCCC. The summed E-state index contributed by atoms with van der Waals surface area (Å²) in [6, 6.07) is 0. The maximum atomic E-state index is 12.7. The highest BCUT2D eigenvalue weighted by Crippen LogP contribution is 2.15. The number of unbranched alkanes of at least 4 members (excludes halogenated alkanes) is 34. The number of hydrogen-bond acceptors (Lipinski definition) is 6. The summed E-state index contributed by atoms with van der Waals surface area (Å²) in [6.45, 7) is 8.88. The highest BCUT2D eigenvalue weighted by atomic mass is 16.6. The average molecular weight is 852 g/mol. The number of nitrogens with one attached hydrogen (secondary N) is 3. The fourth-order valence-corrected chi connectivity index (χ4v) is 7.75. The van der Waals surface area contributed by atoms with E-state index in [1.807, 2.05) is 0 Å². The second-order valence-corrected chi connectivity index (χ2v) is 17.7. The predicted molar refractivity (Wildman–Crippen MR) is 254 cm³/mol. The van der Waals surface area contributed by atoms with Gasteiger partial charge >= 0.3 is 18.3 Å². The molecule has 0 fully saturated rings. The smallest absolute Gasteiger partial charge is 0.407 e. The third-order valence-corrected chi connectivity index (χ3v) is 11.7. The van der Waals surface area contributed by atoms with Crippen molar-refractivity contribution in [3.05, 3.63) is 0 Å². The Morgan fingerprint density at radius 2 is 0.617 bits per heavy atom. The van der Waals surface area contributed by atoms with Crippen LogP contribution in [0.2, 0.25) is 0 Å². The standard InChI is InChI=1S/C51H101N3O6/c1-4-7-10-13-16-19-22-25-28-31-34-38-43-52-49(55)58-46-41-37-42-48(60-51(57)54-45-40-36-33-30-27-24-21-18-15-12-9-6-3)47-59-50(56)53-44-39-35-32-29-26-23-20-17-14-11-8-5-2/h48H,4-47H2,1-3H3,(H,52,55)(H,53,56)(H,54,57). The Morgan fingerprint density at radius 1 is 0.333 bits per heavy atom. The molecule has 1 atom stereocenters. The highest BCUT2D eigenvalue weighted by Gasteiger charge is 2.17. The van der Waals surface area contributed by atoms with E-state index in [9.17, 15) is 14.4 Å². The number of carbonyl (C=O) groups is 3. The third-order valence-electron chi connectivity index (χ3n) is 11.7. The molecule has 0 saturated carbocycles. The Labute approximate surface area is 371 Å². The Kier molecular flexibility index (Phi) is 47.7. The Balaban J connectivity index is 4.27. The van der Waals surface area contributed by atoms with Crippen molar-refractivity contribution < 1.29 is 28.6 Å². The fraction of sp³-hybridized carbons (Fsp3) is 0.941. The van der Waals surface area contributed by atoms with Gasteiger partial charge in [0.2, 0.25) is 0 Å². The fourth-order valence-electron chi connectivity index (χ4n) is 7.75. The summed E-state index contributed by atoms with van der Waals surface area (Å²) in [5.41, 5.74) is 0. The molecule has 356 valence electrons. The normalized spacial score (nSPS) is 11.7. The molecule has 9 nitrogen and oxygen atoms in total. The van der Waals surface area contributed by atoms with Crippen molar-refractivity contribution in [2.24, 2.45) is 0 Å². The zero-order valence-corrected chi connectivity index (χ0v) is 40.1. The van der Waals surface area contributed by atoms with Crippen LogP contribution in [0.25, 0.3) is 0 Å². The lowest BCUT2D eigenvalue weighted by atomic mass is 10.1. The topological polar surface area (TPSA) is 115 Å². The molecule has 0 aromatic carbocycles. The second kappa shape index (κ2) is 49.5. The molecule has 0 saturated heterocycles. The zero-order chi connectivity index (χ0) is 43.7. The van der Waals surface area contributed by atoms with Crippen molar-refractivity contribution in [1.82, 2.24) is 16.0 Å². The van der Waals surface area contributed by atoms with Gasteiger partial charge in [-0.1, -0.05) is 233 Å². The van der Waals surface area contributed by atoms with Crippen molar-refractivity contribution >= 4 is 18.3 Å². The quantitative estimate of drug-likeness (QED) is 0.0415. The lowest BCUT2D eigenvalue weighted by molar-refractivity contribution is 0.0380. The van der Waals surface area contributed by atoms with Gasteiger partial charge in [-0.25, -0.2) is 14.4 Å². The van der Waals surface area contributed by atoms with Gasteiger partial charge in [0.25, 0.3) is 0 Å². The lowest BCUT2D eigenvalue weighted by Crippen LogP contribution is -2.34. The molecule has 0 heterocycles. The van der Waals surface area contributed by atoms with Crippen LogP contribution < -0.4 is 16.0 Å². The molecule has 0 aromatic heterocycles. The van der Waals surface area contributed by atoms with Crippen LogP contribution in [0.4, 0.5) is 14.4 Å². The van der Waals surface area contributed by atoms with E-state index < -0.39 is 18.3 Å². The van der Waals surface area contributed by atoms with Gasteiger partial charge in [0.15, 0.2) is 0 Å². The Bertz CT molecular complexity index is 906. The minimum Gasteiger partial charge on any atom is -0.450 e. The minimum absolute atomic E-state index is 0.00328. The summed E-state index contributed by atoms with van der Waals surface area (Å²) in [7, 11) is 0. The molecule has 0 radical (unpaired) electrons. The van der Waals surface area contributed by atoms with Crippen molar-refractivity contribution in [1.29, 1.82) is 0 Å². The van der Waals surface area contributed by atoms with E-state index >= 15 is 0 Å². The molecule has 0 spiro atoms. The summed E-state index contributed by atoms with van der Waals surface area (Å²) < 4.78 is 16.6. The van der Waals surface area contributed by atoms with Gasteiger partial charge in [0.05, 0.1) is 6.61 Å². The Morgan fingerprint density at radius 3 is 0.950 bits per heavy atom. The third kappa shape index (κ3) is 46.9. The van der Waals surface area contributed by atoms with Crippen LogP contribution in [0.15, 0.2) is 0 Å². The van der Waals surface area contributed by atoms with Gasteiger partial charge in [0, 0.05) is 19.6 Å². The van der Waals surface area contributed by atoms with Gasteiger partial charge < -0.3 is 30.2 Å². The number of alkyl carbamates (subject to hydrolysis) is 3. The highest BCUT2D eigenvalue weighted by molar-refractivity contribution is 5.68. The molecule has 3 amide bonds. The number of carbonyl (C=O) groups excluding carboxylic acids is 3. The van der Waals surface area contributed by atoms with E-state index in [4.69, 9.17) is 14.2 Å². The first-order valence-electron chi connectivity index (χ1n) is 26.3. The first-order chi connectivity index (χ1) is 29.5. The van der Waals surface area contributed by atoms with Crippen LogP contribution in [0.1, 0.15) is 271 Å². The predicted octanol–water partition coefficient (Wildman–Crippen LogP) is 15.8. The summed E-state index contributed by atoms with van der Waals surface area (Å²) in [5, 5.41) is 8.62. The molecule has 60 heavy (non-hydrogen) atoms. The number of amides is 3. The molecule has 0 aromatic rings. The molecular formula is C51H101N3O6. The number of ether oxygens (including phenoxy) is 3. The van der Waals surface area contributed by atoms with E-state index in [-0.39, 0.29) is 12.7 Å². The molecule has 3 N–H and O–H groups in total. The zero-order valence-electron chi connectivity index (χ0n) is 40.1. The van der Waals surface area contributed by atoms with Crippen LogP contribution in [-0.4, -0.2) is 57.2 Å². The number of rotatable bonds is 47. The van der Waals surface area contributed by atoms with Crippen molar-refractivity contribution in [3.8, 4) is 0 Å². The first kappa shape index (κ1) is 57.8. The van der Waals surface area contributed by atoms with E-state index in [1.54, 1.807) is 0 Å². The Hall–Kier alpha value is -2.19. The number of hydrogen-bond donors (Lipinski definition) is 3. The molecule has 0 aliphatic rings. The van der Waals surface area contributed by atoms with Crippen molar-refractivity contribution in [2.75, 3.05) is 32.8 Å². The summed E-state index contributed by atoms with van der Waals surface area (Å²) >= 11 is 0. The largest absolute Gasteiger partial charge is 0.450 e. The van der Waals surface area contributed by atoms with Gasteiger partial charge in [-0.2, -0.15) is 0 Å². The molecule has 1 unspecified atom stereocenters. The van der Waals surface area contributed by atoms with Crippen LogP contribution in [0.5, 0.6) is 0 Å². The summed E-state index contributed by atoms with van der Waals surface area (Å²) in [4.78, 5) is 37.4. The van der Waals surface area contributed by atoms with E-state index in [2.05, 4.69) is 36.7 Å². The van der Waals surface area contributed by atoms with E-state index in [1.165, 1.54) is 193 Å². The monoisotopic (exact) mass is 852 g/mol. The van der Waals surface area contributed by atoms with Crippen molar-refractivity contribution in [3.63, 3.8) is 0 Å². The van der Waals surface area contributed by atoms with Gasteiger partial charge in [-0.15, -0.1) is 0 Å². The lowest BCUT2D eigenvalue weighted by Gasteiger charge is -2.18. The van der Waals surface area contributed by atoms with Crippen LogP contribution >= 0.6 is 0 Å². The van der Waals surface area contributed by atoms with Gasteiger partial charge in [-0.3, -0.25) is 0 Å². The summed E-state index contributed by atoms with van der Waals surface area (Å²) in [5.74, 6) is 0. The molecule has 0 bridgehead atoms. The maximum Gasteiger partial charge on any atom is 0.407 e. The minimum atomic E-state index is -0.566. The van der Waals surface area contributed by atoms with Crippen molar-refractivity contribution in [2.45, 2.75) is 277 Å². The molecule has 0 aliphatic heterocycles. The molecule has 0 aliphatic carbocycles. The molecular weight excluding hydrogens is 751 g/mol. The summed E-state index contributed by atoms with van der Waals surface area (Å²) in [6.07, 6.45) is 45.9. The van der Waals surface area contributed by atoms with E-state index in [0.717, 1.165) is 38.5 Å². The molecule has 9 heteroatoms.